The van der Waals surface area contributed by atoms with Gasteiger partial charge in [0.15, 0.2) is 0 Å². The first-order chi connectivity index (χ1) is 6.62. The molecule has 0 aromatic heterocycles. The molecule has 1 aromatic rings. The molecule has 0 aliphatic heterocycles. The smallest absolute Gasteiger partial charge is 0.0409 e. The molecule has 1 unspecified atom stereocenters. The van der Waals surface area contributed by atoms with Gasteiger partial charge in [-0.2, -0.15) is 0 Å². The highest BCUT2D eigenvalue weighted by molar-refractivity contribution is 5.23. The van der Waals surface area contributed by atoms with Gasteiger partial charge in [-0.05, 0) is 18.4 Å². The summed E-state index contributed by atoms with van der Waals surface area (Å²) in [7, 11) is 0. The fraction of sp³-hybridized carbons (Fsp3) is 0.538. The lowest BCUT2D eigenvalue weighted by molar-refractivity contribution is 0.282. The SMILES string of the molecule is CCC(CC)C(C)(N)c1ccccc1. The molecular weight excluding hydrogens is 170 g/mol. The Bertz CT molecular complexity index is 260. The van der Waals surface area contributed by atoms with E-state index in [1.807, 2.05) is 6.07 Å². The molecule has 2 N–H and O–H groups in total. The van der Waals surface area contributed by atoms with Gasteiger partial charge in [-0.3, -0.25) is 0 Å². The van der Waals surface area contributed by atoms with E-state index in [0.717, 1.165) is 12.8 Å². The Kier molecular flexibility index (Phi) is 3.70. The molecule has 0 aliphatic carbocycles. The van der Waals surface area contributed by atoms with Crippen molar-refractivity contribution in [3.05, 3.63) is 35.9 Å². The van der Waals surface area contributed by atoms with E-state index in [1.54, 1.807) is 0 Å². The van der Waals surface area contributed by atoms with Crippen molar-refractivity contribution in [3.8, 4) is 0 Å². The summed E-state index contributed by atoms with van der Waals surface area (Å²) in [6.07, 6.45) is 2.27. The van der Waals surface area contributed by atoms with Gasteiger partial charge in [0.25, 0.3) is 0 Å². The van der Waals surface area contributed by atoms with Crippen molar-refractivity contribution in [2.75, 3.05) is 0 Å². The van der Waals surface area contributed by atoms with E-state index in [0.29, 0.717) is 5.92 Å². The van der Waals surface area contributed by atoms with Crippen molar-refractivity contribution in [2.24, 2.45) is 11.7 Å². The van der Waals surface area contributed by atoms with Gasteiger partial charge in [0.2, 0.25) is 0 Å². The molecule has 0 bridgehead atoms. The number of rotatable bonds is 4. The predicted octanol–water partition coefficient (Wildman–Crippen LogP) is 3.30. The van der Waals surface area contributed by atoms with Crippen LogP contribution in [0.2, 0.25) is 0 Å². The summed E-state index contributed by atoms with van der Waals surface area (Å²) in [6, 6.07) is 10.4. The van der Waals surface area contributed by atoms with Crippen LogP contribution >= 0.6 is 0 Å². The zero-order valence-corrected chi connectivity index (χ0v) is 9.46. The minimum atomic E-state index is -0.190. The third-order valence-corrected chi connectivity index (χ3v) is 3.23. The van der Waals surface area contributed by atoms with Gasteiger partial charge in [-0.1, -0.05) is 57.0 Å². The second-order valence-electron chi connectivity index (χ2n) is 4.16. The van der Waals surface area contributed by atoms with Crippen molar-refractivity contribution in [2.45, 2.75) is 39.2 Å². The Morgan fingerprint density at radius 1 is 1.14 bits per heavy atom. The quantitative estimate of drug-likeness (QED) is 0.776. The first-order valence-electron chi connectivity index (χ1n) is 5.47. The molecule has 0 heterocycles. The zero-order valence-electron chi connectivity index (χ0n) is 9.46. The van der Waals surface area contributed by atoms with E-state index in [9.17, 15) is 0 Å². The lowest BCUT2D eigenvalue weighted by Gasteiger charge is -2.33. The zero-order chi connectivity index (χ0) is 10.6. The van der Waals surface area contributed by atoms with Crippen LogP contribution in [0.25, 0.3) is 0 Å². The molecule has 1 atom stereocenters. The molecule has 0 aliphatic rings. The van der Waals surface area contributed by atoms with Crippen LogP contribution in [-0.2, 0) is 5.54 Å². The van der Waals surface area contributed by atoms with Crippen LogP contribution in [0.4, 0.5) is 0 Å². The average molecular weight is 191 g/mol. The fourth-order valence-electron chi connectivity index (χ4n) is 2.17. The maximum Gasteiger partial charge on any atom is 0.0409 e. The van der Waals surface area contributed by atoms with Gasteiger partial charge >= 0.3 is 0 Å². The molecule has 0 amide bonds. The van der Waals surface area contributed by atoms with Crippen LogP contribution in [0.5, 0.6) is 0 Å². The minimum absolute atomic E-state index is 0.190. The molecule has 1 aromatic carbocycles. The van der Waals surface area contributed by atoms with E-state index >= 15 is 0 Å². The highest BCUT2D eigenvalue weighted by atomic mass is 14.7. The van der Waals surface area contributed by atoms with Crippen LogP contribution in [0, 0.1) is 5.92 Å². The van der Waals surface area contributed by atoms with Gasteiger partial charge in [0, 0.05) is 5.54 Å². The second-order valence-corrected chi connectivity index (χ2v) is 4.16. The van der Waals surface area contributed by atoms with Crippen LogP contribution in [0.3, 0.4) is 0 Å². The summed E-state index contributed by atoms with van der Waals surface area (Å²) < 4.78 is 0. The fourth-order valence-corrected chi connectivity index (χ4v) is 2.17. The van der Waals surface area contributed by atoms with Crippen molar-refractivity contribution in [1.29, 1.82) is 0 Å². The summed E-state index contributed by atoms with van der Waals surface area (Å²) in [6.45, 7) is 6.56. The average Bonchev–Trinajstić information content (AvgIpc) is 2.20. The summed E-state index contributed by atoms with van der Waals surface area (Å²) in [4.78, 5) is 0. The molecule has 78 valence electrons. The van der Waals surface area contributed by atoms with Crippen molar-refractivity contribution in [3.63, 3.8) is 0 Å². The van der Waals surface area contributed by atoms with E-state index in [1.165, 1.54) is 5.56 Å². The number of benzene rings is 1. The second kappa shape index (κ2) is 4.61. The van der Waals surface area contributed by atoms with Crippen LogP contribution in [0.1, 0.15) is 39.2 Å². The van der Waals surface area contributed by atoms with Crippen LogP contribution in [-0.4, -0.2) is 0 Å². The molecule has 1 rings (SSSR count). The van der Waals surface area contributed by atoms with Crippen molar-refractivity contribution >= 4 is 0 Å². The minimum Gasteiger partial charge on any atom is -0.321 e. The van der Waals surface area contributed by atoms with Gasteiger partial charge in [-0.15, -0.1) is 0 Å². The Morgan fingerprint density at radius 2 is 1.64 bits per heavy atom. The molecule has 1 heteroatoms. The van der Waals surface area contributed by atoms with Gasteiger partial charge in [-0.25, -0.2) is 0 Å². The van der Waals surface area contributed by atoms with Gasteiger partial charge in [0.05, 0.1) is 0 Å². The Morgan fingerprint density at radius 3 is 2.07 bits per heavy atom. The van der Waals surface area contributed by atoms with E-state index in [2.05, 4.69) is 45.0 Å². The molecule has 1 nitrogen and oxygen atoms in total. The lowest BCUT2D eigenvalue weighted by atomic mass is 9.77. The normalized spacial score (nSPS) is 15.5. The summed E-state index contributed by atoms with van der Waals surface area (Å²) in [5.74, 6) is 0.560. The molecule has 0 saturated heterocycles. The first kappa shape index (κ1) is 11.3. The first-order valence-corrected chi connectivity index (χ1v) is 5.47. The molecule has 0 fully saturated rings. The highest BCUT2D eigenvalue weighted by Crippen LogP contribution is 2.30. The van der Waals surface area contributed by atoms with Crippen molar-refractivity contribution < 1.29 is 0 Å². The number of hydrogen-bond donors (Lipinski definition) is 1. The molecule has 0 saturated carbocycles. The summed E-state index contributed by atoms with van der Waals surface area (Å²) >= 11 is 0. The van der Waals surface area contributed by atoms with E-state index in [-0.39, 0.29) is 5.54 Å². The molecule has 14 heavy (non-hydrogen) atoms. The Balaban J connectivity index is 2.94. The monoisotopic (exact) mass is 191 g/mol. The Hall–Kier alpha value is -0.820. The maximum absolute atomic E-state index is 6.40. The standard InChI is InChI=1S/C13H21N/c1-4-11(5-2)13(3,14)12-9-7-6-8-10-12/h6-11H,4-5,14H2,1-3H3. The third-order valence-electron chi connectivity index (χ3n) is 3.23. The van der Waals surface area contributed by atoms with Gasteiger partial charge in [0.1, 0.15) is 0 Å². The summed E-state index contributed by atoms with van der Waals surface area (Å²) in [5.41, 5.74) is 7.46. The molecule has 0 spiro atoms. The summed E-state index contributed by atoms with van der Waals surface area (Å²) in [5, 5.41) is 0. The number of nitrogens with two attached hydrogens (primary N) is 1. The maximum atomic E-state index is 6.40. The third kappa shape index (κ3) is 2.16. The Labute approximate surface area is 87.3 Å². The highest BCUT2D eigenvalue weighted by Gasteiger charge is 2.28. The lowest BCUT2D eigenvalue weighted by Crippen LogP contribution is -2.40. The molecule has 0 radical (unpaired) electrons. The van der Waals surface area contributed by atoms with Gasteiger partial charge < -0.3 is 5.73 Å². The number of hydrogen-bond acceptors (Lipinski definition) is 1. The van der Waals surface area contributed by atoms with E-state index in [4.69, 9.17) is 5.73 Å². The topological polar surface area (TPSA) is 26.0 Å². The molecular formula is C13H21N. The largest absolute Gasteiger partial charge is 0.321 e. The van der Waals surface area contributed by atoms with E-state index < -0.39 is 0 Å². The van der Waals surface area contributed by atoms with Crippen molar-refractivity contribution in [1.82, 2.24) is 0 Å². The predicted molar refractivity (Wildman–Crippen MR) is 62.1 cm³/mol. The van der Waals surface area contributed by atoms with Crippen LogP contribution < -0.4 is 5.73 Å². The van der Waals surface area contributed by atoms with Crippen LogP contribution in [0.15, 0.2) is 30.3 Å².